The van der Waals surface area contributed by atoms with Crippen LogP contribution in [0, 0.1) is 0 Å². The van der Waals surface area contributed by atoms with Crippen LogP contribution in [-0.2, 0) is 6.42 Å². The van der Waals surface area contributed by atoms with Gasteiger partial charge in [0.15, 0.2) is 5.78 Å². The Morgan fingerprint density at radius 2 is 1.57 bits per heavy atom. The van der Waals surface area contributed by atoms with E-state index in [4.69, 9.17) is 9.47 Å². The smallest absolute Gasteiger partial charge is 0.343 e. The van der Waals surface area contributed by atoms with Crippen molar-refractivity contribution in [1.82, 2.24) is 0 Å². The number of ether oxygens (including phenoxy) is 2. The lowest BCUT2D eigenvalue weighted by atomic mass is 10.1. The molecule has 0 radical (unpaired) electrons. The highest BCUT2D eigenvalue weighted by Crippen LogP contribution is 2.27. The van der Waals surface area contributed by atoms with Crippen LogP contribution in [0.1, 0.15) is 33.2 Å². The first-order valence-electron chi connectivity index (χ1n) is 8.82. The van der Waals surface area contributed by atoms with Gasteiger partial charge in [0.05, 0.1) is 16.6 Å². The van der Waals surface area contributed by atoms with Gasteiger partial charge in [-0.2, -0.15) is 0 Å². The summed E-state index contributed by atoms with van der Waals surface area (Å²) < 4.78 is 11.8. The van der Waals surface area contributed by atoms with Crippen molar-refractivity contribution >= 4 is 27.7 Å². The van der Waals surface area contributed by atoms with E-state index in [1.54, 1.807) is 42.5 Å². The lowest BCUT2D eigenvalue weighted by Crippen LogP contribution is -2.09. The lowest BCUT2D eigenvalue weighted by Gasteiger charge is -2.10. The third kappa shape index (κ3) is 5.30. The number of halogens is 1. The van der Waals surface area contributed by atoms with Crippen molar-refractivity contribution in [3.8, 4) is 11.5 Å². The number of carbonyl (C=O) groups excluding carboxylic acids is 2. The SMILES string of the molecule is CC(=O)c1ccc(OC(=O)c2ccc(OCCc3ccccc3)c(Br)c2)cc1. The van der Waals surface area contributed by atoms with Crippen molar-refractivity contribution in [3.63, 3.8) is 0 Å². The molecule has 0 aromatic heterocycles. The molecule has 0 N–H and O–H groups in total. The predicted octanol–water partition coefficient (Wildman–Crippen LogP) is 5.49. The molecule has 0 bridgehead atoms. The Bertz CT molecular complexity index is 966. The van der Waals surface area contributed by atoms with Crippen LogP contribution in [0.3, 0.4) is 0 Å². The molecule has 0 atom stereocenters. The fourth-order valence-electron chi connectivity index (χ4n) is 2.59. The van der Waals surface area contributed by atoms with Crippen molar-refractivity contribution in [2.24, 2.45) is 0 Å². The van der Waals surface area contributed by atoms with Crippen molar-refractivity contribution in [2.75, 3.05) is 6.61 Å². The van der Waals surface area contributed by atoms with Gasteiger partial charge in [-0.15, -0.1) is 0 Å². The maximum Gasteiger partial charge on any atom is 0.343 e. The van der Waals surface area contributed by atoms with Gasteiger partial charge in [0.1, 0.15) is 11.5 Å². The standard InChI is InChI=1S/C23H19BrO4/c1-16(25)18-7-10-20(11-8-18)28-23(26)19-9-12-22(21(24)15-19)27-14-13-17-5-3-2-4-6-17/h2-12,15H,13-14H2,1H3. The number of Topliss-reactive ketones (excluding diaryl/α,β-unsaturated/α-hetero) is 1. The topological polar surface area (TPSA) is 52.6 Å². The summed E-state index contributed by atoms with van der Waals surface area (Å²) in [7, 11) is 0. The van der Waals surface area contributed by atoms with Crippen LogP contribution in [0.2, 0.25) is 0 Å². The summed E-state index contributed by atoms with van der Waals surface area (Å²) in [4.78, 5) is 23.6. The largest absolute Gasteiger partial charge is 0.492 e. The molecule has 0 aliphatic carbocycles. The van der Waals surface area contributed by atoms with E-state index >= 15 is 0 Å². The molecule has 3 rings (SSSR count). The molecule has 0 saturated heterocycles. The molecule has 28 heavy (non-hydrogen) atoms. The first-order valence-corrected chi connectivity index (χ1v) is 9.61. The molecule has 3 aromatic carbocycles. The maximum atomic E-state index is 12.3. The summed E-state index contributed by atoms with van der Waals surface area (Å²) >= 11 is 3.44. The van der Waals surface area contributed by atoms with Crippen molar-refractivity contribution in [3.05, 3.63) is 94.0 Å². The Morgan fingerprint density at radius 1 is 0.893 bits per heavy atom. The van der Waals surface area contributed by atoms with E-state index in [2.05, 4.69) is 28.1 Å². The lowest BCUT2D eigenvalue weighted by molar-refractivity contribution is 0.0734. The molecular weight excluding hydrogens is 420 g/mol. The molecule has 3 aromatic rings. The quantitative estimate of drug-likeness (QED) is 0.278. The number of hydrogen-bond acceptors (Lipinski definition) is 4. The Balaban J connectivity index is 1.59. The maximum absolute atomic E-state index is 12.3. The zero-order valence-corrected chi connectivity index (χ0v) is 16.9. The summed E-state index contributed by atoms with van der Waals surface area (Å²) in [5, 5.41) is 0. The first kappa shape index (κ1) is 19.8. The molecule has 0 unspecified atom stereocenters. The minimum atomic E-state index is -0.480. The highest BCUT2D eigenvalue weighted by atomic mass is 79.9. The Hall–Kier alpha value is -2.92. The summed E-state index contributed by atoms with van der Waals surface area (Å²) in [5.41, 5.74) is 2.17. The summed E-state index contributed by atoms with van der Waals surface area (Å²) in [6, 6.07) is 21.6. The molecule has 0 aliphatic heterocycles. The first-order chi connectivity index (χ1) is 13.5. The van der Waals surface area contributed by atoms with E-state index in [0.717, 1.165) is 6.42 Å². The van der Waals surface area contributed by atoms with Crippen molar-refractivity contribution in [1.29, 1.82) is 0 Å². The van der Waals surface area contributed by atoms with Gasteiger partial charge < -0.3 is 9.47 Å². The number of esters is 1. The van der Waals surface area contributed by atoms with Crippen LogP contribution >= 0.6 is 15.9 Å². The van der Waals surface area contributed by atoms with Crippen molar-refractivity contribution < 1.29 is 19.1 Å². The average Bonchev–Trinajstić information content (AvgIpc) is 2.70. The Kier molecular flexibility index (Phi) is 6.61. The summed E-state index contributed by atoms with van der Waals surface area (Å²) in [5.74, 6) is 0.532. The Morgan fingerprint density at radius 3 is 2.21 bits per heavy atom. The number of benzene rings is 3. The van der Waals surface area contributed by atoms with Gasteiger partial charge in [-0.3, -0.25) is 4.79 Å². The number of hydrogen-bond donors (Lipinski definition) is 0. The van der Waals surface area contributed by atoms with E-state index in [9.17, 15) is 9.59 Å². The molecule has 0 saturated carbocycles. The normalized spacial score (nSPS) is 10.4. The third-order valence-electron chi connectivity index (χ3n) is 4.13. The van der Waals surface area contributed by atoms with Crippen LogP contribution in [-0.4, -0.2) is 18.4 Å². The number of ketones is 1. The van der Waals surface area contributed by atoms with E-state index in [-0.39, 0.29) is 5.78 Å². The molecule has 0 aliphatic rings. The second-order valence-electron chi connectivity index (χ2n) is 6.20. The van der Waals surface area contributed by atoms with Gasteiger partial charge in [-0.25, -0.2) is 4.79 Å². The average molecular weight is 439 g/mol. The van der Waals surface area contributed by atoms with E-state index in [1.165, 1.54) is 12.5 Å². The van der Waals surface area contributed by atoms with E-state index in [1.807, 2.05) is 18.2 Å². The zero-order valence-electron chi connectivity index (χ0n) is 15.4. The van der Waals surface area contributed by atoms with Gasteiger partial charge >= 0.3 is 5.97 Å². The van der Waals surface area contributed by atoms with Crippen LogP contribution in [0.4, 0.5) is 0 Å². The minimum Gasteiger partial charge on any atom is -0.492 e. The number of rotatable bonds is 7. The molecule has 142 valence electrons. The zero-order chi connectivity index (χ0) is 19.9. The molecule has 0 heterocycles. The second-order valence-corrected chi connectivity index (χ2v) is 7.05. The van der Waals surface area contributed by atoms with Crippen molar-refractivity contribution in [2.45, 2.75) is 13.3 Å². The van der Waals surface area contributed by atoms with Gasteiger partial charge in [0.2, 0.25) is 0 Å². The molecule has 0 spiro atoms. The summed E-state index contributed by atoms with van der Waals surface area (Å²) in [6.45, 7) is 2.02. The number of carbonyl (C=O) groups is 2. The van der Waals surface area contributed by atoms with Gasteiger partial charge in [0, 0.05) is 12.0 Å². The molecule has 4 nitrogen and oxygen atoms in total. The molecule has 0 amide bonds. The van der Waals surface area contributed by atoms with Gasteiger partial charge in [-0.1, -0.05) is 30.3 Å². The van der Waals surface area contributed by atoms with Crippen LogP contribution in [0.15, 0.2) is 77.3 Å². The van der Waals surface area contributed by atoms with Crippen LogP contribution in [0.25, 0.3) is 0 Å². The summed E-state index contributed by atoms with van der Waals surface area (Å²) in [6.07, 6.45) is 0.799. The molecule has 0 fully saturated rings. The fourth-order valence-corrected chi connectivity index (χ4v) is 3.09. The highest BCUT2D eigenvalue weighted by Gasteiger charge is 2.12. The van der Waals surface area contributed by atoms with E-state index < -0.39 is 5.97 Å². The van der Waals surface area contributed by atoms with Crippen LogP contribution in [0.5, 0.6) is 11.5 Å². The second kappa shape index (κ2) is 9.33. The monoisotopic (exact) mass is 438 g/mol. The fraction of sp³-hybridized carbons (Fsp3) is 0.130. The van der Waals surface area contributed by atoms with Crippen LogP contribution < -0.4 is 9.47 Å². The third-order valence-corrected chi connectivity index (χ3v) is 4.75. The van der Waals surface area contributed by atoms with Gasteiger partial charge in [-0.05, 0) is 70.9 Å². The van der Waals surface area contributed by atoms with E-state index in [0.29, 0.717) is 33.7 Å². The minimum absolute atomic E-state index is 0.0374. The molecular formula is C23H19BrO4. The highest BCUT2D eigenvalue weighted by molar-refractivity contribution is 9.10. The predicted molar refractivity (Wildman–Crippen MR) is 111 cm³/mol. The Labute approximate surface area is 172 Å². The van der Waals surface area contributed by atoms with Gasteiger partial charge in [0.25, 0.3) is 0 Å². The molecule has 5 heteroatoms.